The van der Waals surface area contributed by atoms with Gasteiger partial charge in [-0.3, -0.25) is 0 Å². The van der Waals surface area contributed by atoms with Crippen LogP contribution in [0.3, 0.4) is 0 Å². The average molecular weight is 360 g/mol. The van der Waals surface area contributed by atoms with Gasteiger partial charge in [0.1, 0.15) is 17.7 Å². The fourth-order valence-electron chi connectivity index (χ4n) is 1.86. The fourth-order valence-corrected chi connectivity index (χ4v) is 2.66. The van der Waals surface area contributed by atoms with Crippen molar-refractivity contribution in [3.05, 3.63) is 29.6 Å². The first-order valence-corrected chi connectivity index (χ1v) is 8.76. The van der Waals surface area contributed by atoms with E-state index in [2.05, 4.69) is 10.0 Å². The lowest BCUT2D eigenvalue weighted by Gasteiger charge is -2.24. The molecule has 0 aromatic heterocycles. The van der Waals surface area contributed by atoms with Crippen molar-refractivity contribution in [2.75, 3.05) is 6.54 Å². The van der Waals surface area contributed by atoms with Gasteiger partial charge in [-0.25, -0.2) is 18.1 Å². The zero-order valence-electron chi connectivity index (χ0n) is 14.6. The first-order valence-electron chi connectivity index (χ1n) is 7.61. The number of amides is 1. The van der Waals surface area contributed by atoms with Crippen molar-refractivity contribution in [2.45, 2.75) is 51.5 Å². The van der Waals surface area contributed by atoms with Gasteiger partial charge in [0.05, 0.1) is 22.3 Å². The largest absolute Gasteiger partial charge is 0.489 e. The van der Waals surface area contributed by atoms with Gasteiger partial charge in [-0.2, -0.15) is 0 Å². The minimum absolute atomic E-state index is 0.0991. The Morgan fingerprint density at radius 2 is 2.00 bits per heavy atom. The van der Waals surface area contributed by atoms with Crippen LogP contribution in [-0.2, 0) is 11.0 Å². The van der Waals surface area contributed by atoms with Crippen LogP contribution in [0.15, 0.2) is 18.2 Å². The molecular weight excluding hydrogens is 335 g/mol. The van der Waals surface area contributed by atoms with Crippen molar-refractivity contribution in [2.24, 2.45) is 0 Å². The molecule has 24 heavy (non-hydrogen) atoms. The number of nitrogens with one attached hydrogen (secondary N) is 2. The first kappa shape index (κ1) is 20.4. The fraction of sp³-hybridized carbons (Fsp3) is 0.562. The second-order valence-electron chi connectivity index (χ2n) is 6.52. The van der Waals surface area contributed by atoms with E-state index in [4.69, 9.17) is 9.84 Å². The van der Waals surface area contributed by atoms with Gasteiger partial charge in [0.25, 0.3) is 0 Å². The second kappa shape index (κ2) is 8.43. The van der Waals surface area contributed by atoms with Crippen LogP contribution in [0.5, 0.6) is 5.75 Å². The van der Waals surface area contributed by atoms with Gasteiger partial charge in [-0.15, -0.1) is 0 Å². The Morgan fingerprint density at radius 3 is 2.54 bits per heavy atom. The summed E-state index contributed by atoms with van der Waals surface area (Å²) in [5.41, 5.74) is 0.523. The van der Waals surface area contributed by atoms with Gasteiger partial charge in [0.15, 0.2) is 0 Å². The number of ether oxygens (including phenoxy) is 1. The molecule has 0 spiro atoms. The van der Waals surface area contributed by atoms with E-state index in [-0.39, 0.29) is 6.54 Å². The van der Waals surface area contributed by atoms with Gasteiger partial charge < -0.3 is 15.2 Å². The molecular formula is C16H25FN2O4S. The summed E-state index contributed by atoms with van der Waals surface area (Å²) in [5.74, 6) is -0.00847. The first-order chi connectivity index (χ1) is 11.0. The quantitative estimate of drug-likeness (QED) is 0.698. The Labute approximate surface area is 144 Å². The van der Waals surface area contributed by atoms with E-state index in [1.807, 2.05) is 20.8 Å². The molecule has 1 aromatic carbocycles. The topological polar surface area (TPSA) is 87.7 Å². The summed E-state index contributed by atoms with van der Waals surface area (Å²) in [4.78, 5) is 10.5. The minimum atomic E-state index is -1.32. The summed E-state index contributed by atoms with van der Waals surface area (Å²) >= 11 is 0. The number of hydrogen-bond acceptors (Lipinski definition) is 3. The predicted molar refractivity (Wildman–Crippen MR) is 92.0 cm³/mol. The molecule has 0 fully saturated rings. The Hall–Kier alpha value is -1.67. The molecule has 1 rings (SSSR count). The normalized spacial score (nSPS) is 15.4. The third kappa shape index (κ3) is 6.45. The van der Waals surface area contributed by atoms with E-state index in [1.54, 1.807) is 13.8 Å². The van der Waals surface area contributed by atoms with E-state index in [9.17, 15) is 13.4 Å². The molecule has 0 saturated carbocycles. The van der Waals surface area contributed by atoms with Crippen LogP contribution in [0.2, 0.25) is 0 Å². The summed E-state index contributed by atoms with van der Waals surface area (Å²) in [7, 11) is -1.32. The molecule has 0 heterocycles. The maximum Gasteiger partial charge on any atom is 0.404 e. The smallest absolute Gasteiger partial charge is 0.404 e. The molecule has 1 unspecified atom stereocenters. The highest BCUT2D eigenvalue weighted by Gasteiger charge is 2.23. The minimum Gasteiger partial charge on any atom is -0.489 e. The van der Waals surface area contributed by atoms with E-state index < -0.39 is 39.8 Å². The zero-order chi connectivity index (χ0) is 18.5. The lowest BCUT2D eigenvalue weighted by atomic mass is 10.1. The van der Waals surface area contributed by atoms with Crippen molar-refractivity contribution in [3.8, 4) is 5.75 Å². The molecule has 6 nitrogen and oxygen atoms in total. The molecule has 1 amide bonds. The Morgan fingerprint density at radius 1 is 1.38 bits per heavy atom. The maximum absolute atomic E-state index is 13.6. The molecule has 0 aliphatic carbocycles. The number of benzene rings is 1. The van der Waals surface area contributed by atoms with Crippen LogP contribution in [0.1, 0.15) is 46.2 Å². The number of hydrogen-bond donors (Lipinski definition) is 3. The summed E-state index contributed by atoms with van der Waals surface area (Å²) in [6.07, 6.45) is -1.58. The molecule has 0 aliphatic heterocycles. The SMILES string of the molecule is C[C@@H](CNC(=O)O)Oc1ccc(F)cc1[C@@H](C)NS(=O)C(C)(C)C. The van der Waals surface area contributed by atoms with Gasteiger partial charge >= 0.3 is 6.09 Å². The lowest BCUT2D eigenvalue weighted by Crippen LogP contribution is -2.35. The van der Waals surface area contributed by atoms with E-state index >= 15 is 0 Å². The van der Waals surface area contributed by atoms with Crippen LogP contribution in [-0.4, -0.2) is 32.8 Å². The van der Waals surface area contributed by atoms with Gasteiger partial charge in [-0.05, 0) is 52.8 Å². The highest BCUT2D eigenvalue weighted by Crippen LogP contribution is 2.28. The Bertz CT molecular complexity index is 604. The lowest BCUT2D eigenvalue weighted by molar-refractivity contribution is 0.177. The van der Waals surface area contributed by atoms with E-state index in [0.717, 1.165) is 0 Å². The number of carbonyl (C=O) groups is 1. The molecule has 1 aromatic rings. The highest BCUT2D eigenvalue weighted by atomic mass is 32.2. The molecule has 3 N–H and O–H groups in total. The molecule has 8 heteroatoms. The number of rotatable bonds is 7. The third-order valence-corrected chi connectivity index (χ3v) is 4.83. The number of halogens is 1. The van der Waals surface area contributed by atoms with Gasteiger partial charge in [-0.1, -0.05) is 0 Å². The molecule has 0 saturated heterocycles. The monoisotopic (exact) mass is 360 g/mol. The summed E-state index contributed by atoms with van der Waals surface area (Å²) < 4.78 is 34.0. The number of carboxylic acid groups (broad SMARTS) is 1. The van der Waals surface area contributed by atoms with Crippen LogP contribution >= 0.6 is 0 Å². The molecule has 0 bridgehead atoms. The van der Waals surface area contributed by atoms with Crippen LogP contribution in [0.25, 0.3) is 0 Å². The summed E-state index contributed by atoms with van der Waals surface area (Å²) in [6.45, 7) is 9.09. The van der Waals surface area contributed by atoms with Crippen molar-refractivity contribution in [3.63, 3.8) is 0 Å². The maximum atomic E-state index is 13.6. The second-order valence-corrected chi connectivity index (χ2v) is 8.52. The Kier molecular flexibility index (Phi) is 7.16. The highest BCUT2D eigenvalue weighted by molar-refractivity contribution is 7.84. The average Bonchev–Trinajstić information content (AvgIpc) is 2.45. The Balaban J connectivity index is 2.91. The van der Waals surface area contributed by atoms with Crippen molar-refractivity contribution in [1.82, 2.24) is 10.0 Å². The molecule has 3 atom stereocenters. The standard InChI is InChI=1S/C16H25FN2O4S/c1-10(9-18-15(20)21)23-14-7-6-12(17)8-13(14)11(2)19-24(22)16(3,4)5/h6-8,10-11,18-19H,9H2,1-5H3,(H,20,21)/t10-,11+,24?/m0/s1. The van der Waals surface area contributed by atoms with Crippen LogP contribution < -0.4 is 14.8 Å². The summed E-state index contributed by atoms with van der Waals surface area (Å²) in [6, 6.07) is 3.67. The zero-order valence-corrected chi connectivity index (χ0v) is 15.4. The predicted octanol–water partition coefficient (Wildman–Crippen LogP) is 2.97. The molecule has 0 aliphatic rings. The van der Waals surface area contributed by atoms with Crippen molar-refractivity contribution >= 4 is 17.1 Å². The van der Waals surface area contributed by atoms with Gasteiger partial charge in [0, 0.05) is 11.6 Å². The van der Waals surface area contributed by atoms with Crippen LogP contribution in [0.4, 0.5) is 9.18 Å². The van der Waals surface area contributed by atoms with Crippen LogP contribution in [0, 0.1) is 5.82 Å². The van der Waals surface area contributed by atoms with Gasteiger partial charge in [0.2, 0.25) is 0 Å². The summed E-state index contributed by atoms with van der Waals surface area (Å²) in [5, 5.41) is 10.9. The van der Waals surface area contributed by atoms with Crippen molar-refractivity contribution < 1.29 is 23.2 Å². The van der Waals surface area contributed by atoms with E-state index in [0.29, 0.717) is 11.3 Å². The van der Waals surface area contributed by atoms with Crippen molar-refractivity contribution in [1.29, 1.82) is 0 Å². The molecule has 136 valence electrons. The van der Waals surface area contributed by atoms with E-state index in [1.165, 1.54) is 18.2 Å². The third-order valence-electron chi connectivity index (χ3n) is 3.15. The molecule has 0 radical (unpaired) electrons.